The smallest absolute Gasteiger partial charge is 0.173 e. The number of nitrogens with zero attached hydrogens (tertiary/aromatic N) is 3. The largest absolute Gasteiger partial charge is 0.394 e. The van der Waals surface area contributed by atoms with E-state index in [4.69, 9.17) is 9.84 Å². The molecule has 0 bridgehead atoms. The van der Waals surface area contributed by atoms with Crippen LogP contribution in [0.2, 0.25) is 0 Å². The van der Waals surface area contributed by atoms with Crippen molar-refractivity contribution in [2.75, 3.05) is 12.9 Å². The number of alkyl halides is 1. The molecule has 0 radical (unpaired) electrons. The van der Waals surface area contributed by atoms with Crippen LogP contribution in [0.1, 0.15) is 6.23 Å². The maximum absolute atomic E-state index is 14.1. The number of hydrogen-bond donors (Lipinski definition) is 2. The number of halogens is 1. The fourth-order valence-corrected chi connectivity index (χ4v) is 2.93. The summed E-state index contributed by atoms with van der Waals surface area (Å²) in [6.45, 7) is -0.428. The Hall–Kier alpha value is -1.22. The third-order valence-electron chi connectivity index (χ3n) is 3.41. The summed E-state index contributed by atoms with van der Waals surface area (Å²) in [5.41, 5.74) is 0.544. The SMILES string of the molecule is CSc1ncnc2c1ccn2[C@@H]1O[C@H](CO)[C@@H](O)[C@@H]1F. The lowest BCUT2D eigenvalue weighted by atomic mass is 10.1. The second-order valence-electron chi connectivity index (χ2n) is 4.53. The highest BCUT2D eigenvalue weighted by atomic mass is 32.2. The molecule has 1 aliphatic heterocycles. The number of aromatic nitrogens is 3. The standard InChI is InChI=1S/C12H14FN3O3S/c1-20-11-6-2-3-16(10(6)14-5-15-11)12-8(13)9(18)7(4-17)19-12/h2-3,5,7-9,12,17-18H,4H2,1H3/t7-,8+,9-,12-/m1/s1. The summed E-state index contributed by atoms with van der Waals surface area (Å²) in [4.78, 5) is 8.30. The maximum Gasteiger partial charge on any atom is 0.173 e. The summed E-state index contributed by atoms with van der Waals surface area (Å²) in [6, 6.07) is 1.79. The molecule has 2 N–H and O–H groups in total. The van der Waals surface area contributed by atoms with E-state index in [1.807, 2.05) is 6.26 Å². The molecular formula is C12H14FN3O3S. The van der Waals surface area contributed by atoms with E-state index in [9.17, 15) is 9.50 Å². The molecule has 0 spiro atoms. The van der Waals surface area contributed by atoms with Gasteiger partial charge in [-0.1, -0.05) is 0 Å². The highest BCUT2D eigenvalue weighted by Gasteiger charge is 2.45. The topological polar surface area (TPSA) is 80.4 Å². The fraction of sp³-hybridized carbons (Fsp3) is 0.500. The van der Waals surface area contributed by atoms with Gasteiger partial charge in [0.2, 0.25) is 0 Å². The Kier molecular flexibility index (Phi) is 3.63. The molecular weight excluding hydrogens is 285 g/mol. The van der Waals surface area contributed by atoms with E-state index in [0.717, 1.165) is 10.4 Å². The Morgan fingerprint density at radius 1 is 1.50 bits per heavy atom. The van der Waals surface area contributed by atoms with Crippen molar-refractivity contribution >= 4 is 22.8 Å². The van der Waals surface area contributed by atoms with Gasteiger partial charge in [0.05, 0.1) is 12.0 Å². The fourth-order valence-electron chi connectivity index (χ4n) is 2.39. The first-order chi connectivity index (χ1) is 9.67. The molecule has 0 saturated carbocycles. The van der Waals surface area contributed by atoms with Gasteiger partial charge in [0.1, 0.15) is 29.2 Å². The maximum atomic E-state index is 14.1. The minimum Gasteiger partial charge on any atom is -0.394 e. The summed E-state index contributed by atoms with van der Waals surface area (Å²) in [6.07, 6.45) is 0.0860. The van der Waals surface area contributed by atoms with Crippen LogP contribution >= 0.6 is 11.8 Å². The van der Waals surface area contributed by atoms with Crippen LogP contribution in [0.5, 0.6) is 0 Å². The van der Waals surface area contributed by atoms with Gasteiger partial charge in [0.15, 0.2) is 12.4 Å². The number of aliphatic hydroxyl groups is 2. The molecule has 2 aromatic rings. The normalized spacial score (nSPS) is 30.2. The van der Waals surface area contributed by atoms with Gasteiger partial charge in [-0.3, -0.25) is 0 Å². The van der Waals surface area contributed by atoms with Crippen LogP contribution in [0.25, 0.3) is 11.0 Å². The molecule has 0 amide bonds. The van der Waals surface area contributed by atoms with E-state index in [1.165, 1.54) is 22.7 Å². The third-order valence-corrected chi connectivity index (χ3v) is 4.13. The molecule has 4 atom stereocenters. The lowest BCUT2D eigenvalue weighted by Crippen LogP contribution is -2.30. The second-order valence-corrected chi connectivity index (χ2v) is 5.32. The molecule has 1 saturated heterocycles. The molecule has 8 heteroatoms. The van der Waals surface area contributed by atoms with Crippen molar-refractivity contribution in [2.24, 2.45) is 0 Å². The monoisotopic (exact) mass is 299 g/mol. The van der Waals surface area contributed by atoms with E-state index >= 15 is 0 Å². The molecule has 0 unspecified atom stereocenters. The molecule has 0 aromatic carbocycles. The van der Waals surface area contributed by atoms with Gasteiger partial charge in [0.25, 0.3) is 0 Å². The predicted octanol–water partition coefficient (Wildman–Crippen LogP) is 0.742. The Morgan fingerprint density at radius 2 is 2.30 bits per heavy atom. The Bertz CT molecular complexity index is 623. The van der Waals surface area contributed by atoms with Crippen LogP contribution < -0.4 is 0 Å². The van der Waals surface area contributed by atoms with E-state index in [2.05, 4.69) is 9.97 Å². The third kappa shape index (κ3) is 1.99. The van der Waals surface area contributed by atoms with Crippen molar-refractivity contribution in [3.8, 4) is 0 Å². The minimum atomic E-state index is -1.62. The van der Waals surface area contributed by atoms with Crippen molar-refractivity contribution < 1.29 is 19.3 Å². The van der Waals surface area contributed by atoms with Crippen molar-refractivity contribution in [3.05, 3.63) is 18.6 Å². The summed E-state index contributed by atoms with van der Waals surface area (Å²) < 4.78 is 21.0. The Labute approximate surface area is 118 Å². The van der Waals surface area contributed by atoms with Gasteiger partial charge in [-0.05, 0) is 12.3 Å². The van der Waals surface area contributed by atoms with Gasteiger partial charge in [-0.15, -0.1) is 11.8 Å². The minimum absolute atomic E-state index is 0.428. The number of thioether (sulfide) groups is 1. The molecule has 0 aliphatic carbocycles. The lowest BCUT2D eigenvalue weighted by molar-refractivity contribution is -0.0457. The quantitative estimate of drug-likeness (QED) is 0.643. The van der Waals surface area contributed by atoms with E-state index in [1.54, 1.807) is 12.3 Å². The predicted molar refractivity (Wildman–Crippen MR) is 71.2 cm³/mol. The van der Waals surface area contributed by atoms with Crippen LogP contribution in [0.3, 0.4) is 0 Å². The average Bonchev–Trinajstić information content (AvgIpc) is 3.01. The molecule has 2 aromatic heterocycles. The van der Waals surface area contributed by atoms with Gasteiger partial charge in [-0.25, -0.2) is 14.4 Å². The molecule has 1 aliphatic rings. The van der Waals surface area contributed by atoms with Crippen molar-refractivity contribution in [1.82, 2.24) is 14.5 Å². The summed E-state index contributed by atoms with van der Waals surface area (Å²) >= 11 is 1.47. The number of ether oxygens (including phenoxy) is 1. The Morgan fingerprint density at radius 3 is 2.95 bits per heavy atom. The summed E-state index contributed by atoms with van der Waals surface area (Å²) in [7, 11) is 0. The molecule has 3 rings (SSSR count). The van der Waals surface area contributed by atoms with E-state index in [0.29, 0.717) is 5.65 Å². The van der Waals surface area contributed by atoms with Gasteiger partial charge >= 0.3 is 0 Å². The number of hydrogen-bond acceptors (Lipinski definition) is 6. The first kappa shape index (κ1) is 13.7. The van der Waals surface area contributed by atoms with Crippen LogP contribution in [0.4, 0.5) is 4.39 Å². The number of fused-ring (bicyclic) bond motifs is 1. The van der Waals surface area contributed by atoms with Crippen molar-refractivity contribution in [3.63, 3.8) is 0 Å². The molecule has 3 heterocycles. The van der Waals surface area contributed by atoms with Gasteiger partial charge in [-0.2, -0.15) is 0 Å². The van der Waals surface area contributed by atoms with Crippen LogP contribution in [0.15, 0.2) is 23.6 Å². The zero-order valence-electron chi connectivity index (χ0n) is 10.7. The zero-order chi connectivity index (χ0) is 14.3. The number of aliphatic hydroxyl groups excluding tert-OH is 2. The van der Waals surface area contributed by atoms with Crippen LogP contribution in [-0.4, -0.2) is 56.0 Å². The first-order valence-corrected chi connectivity index (χ1v) is 7.34. The summed E-state index contributed by atoms with van der Waals surface area (Å²) in [5.74, 6) is 0. The molecule has 108 valence electrons. The van der Waals surface area contributed by atoms with Crippen molar-refractivity contribution in [1.29, 1.82) is 0 Å². The second kappa shape index (κ2) is 5.28. The highest BCUT2D eigenvalue weighted by Crippen LogP contribution is 2.35. The van der Waals surface area contributed by atoms with E-state index < -0.39 is 31.2 Å². The van der Waals surface area contributed by atoms with Crippen LogP contribution in [-0.2, 0) is 4.74 Å². The Balaban J connectivity index is 2.03. The summed E-state index contributed by atoms with van der Waals surface area (Å²) in [5, 5.41) is 20.4. The lowest BCUT2D eigenvalue weighted by Gasteiger charge is -2.15. The first-order valence-electron chi connectivity index (χ1n) is 6.11. The molecule has 20 heavy (non-hydrogen) atoms. The number of rotatable bonds is 3. The van der Waals surface area contributed by atoms with Crippen molar-refractivity contribution in [2.45, 2.75) is 29.6 Å². The average molecular weight is 299 g/mol. The zero-order valence-corrected chi connectivity index (χ0v) is 11.5. The molecule has 1 fully saturated rings. The highest BCUT2D eigenvalue weighted by molar-refractivity contribution is 7.98. The van der Waals surface area contributed by atoms with Crippen LogP contribution in [0, 0.1) is 0 Å². The van der Waals surface area contributed by atoms with E-state index in [-0.39, 0.29) is 0 Å². The van der Waals surface area contributed by atoms with Gasteiger partial charge in [0, 0.05) is 6.20 Å². The van der Waals surface area contributed by atoms with Gasteiger partial charge < -0.3 is 19.5 Å². The molecule has 6 nitrogen and oxygen atoms in total.